The number of nitrogens with zero attached hydrogens (tertiary/aromatic N) is 2. The van der Waals surface area contributed by atoms with Crippen molar-refractivity contribution >= 4 is 28.2 Å². The molecule has 1 fully saturated rings. The first-order valence-electron chi connectivity index (χ1n) is 10.5. The summed E-state index contributed by atoms with van der Waals surface area (Å²) in [6, 6.07) is 13.8. The van der Waals surface area contributed by atoms with Gasteiger partial charge in [0.2, 0.25) is 0 Å². The fourth-order valence-corrected chi connectivity index (χ4v) is 4.80. The Balaban J connectivity index is 1.37. The molecule has 31 heavy (non-hydrogen) atoms. The Morgan fingerprint density at radius 2 is 1.87 bits per heavy atom. The van der Waals surface area contributed by atoms with E-state index in [0.29, 0.717) is 16.4 Å². The van der Waals surface area contributed by atoms with Gasteiger partial charge in [-0.2, -0.15) is 0 Å². The quantitative estimate of drug-likeness (QED) is 0.636. The molecule has 0 saturated carbocycles. The van der Waals surface area contributed by atoms with Crippen LogP contribution >= 0.6 is 11.3 Å². The van der Waals surface area contributed by atoms with Crippen LogP contribution in [0.5, 0.6) is 0 Å². The van der Waals surface area contributed by atoms with Gasteiger partial charge in [0.25, 0.3) is 11.8 Å². The van der Waals surface area contributed by atoms with Gasteiger partial charge in [-0.3, -0.25) is 14.5 Å². The summed E-state index contributed by atoms with van der Waals surface area (Å²) in [5.41, 5.74) is 3.45. The van der Waals surface area contributed by atoms with Crippen molar-refractivity contribution in [1.29, 1.82) is 0 Å². The van der Waals surface area contributed by atoms with Gasteiger partial charge in [0.15, 0.2) is 5.76 Å². The van der Waals surface area contributed by atoms with Gasteiger partial charge in [0.05, 0.1) is 16.1 Å². The van der Waals surface area contributed by atoms with Gasteiger partial charge in [0, 0.05) is 32.7 Å². The molecule has 1 saturated heterocycles. The molecule has 3 heterocycles. The van der Waals surface area contributed by atoms with Crippen LogP contribution in [-0.2, 0) is 6.54 Å². The zero-order valence-electron chi connectivity index (χ0n) is 17.9. The van der Waals surface area contributed by atoms with Crippen LogP contribution in [0.15, 0.2) is 53.1 Å². The number of hydrogen-bond donors (Lipinski definition) is 1. The molecule has 1 aliphatic rings. The monoisotopic (exact) mass is 437 g/mol. The third-order valence-electron chi connectivity index (χ3n) is 5.50. The highest BCUT2D eigenvalue weighted by Gasteiger charge is 2.24. The summed E-state index contributed by atoms with van der Waals surface area (Å²) in [6.45, 7) is 8.19. The highest BCUT2D eigenvalue weighted by Crippen LogP contribution is 2.28. The number of thiophene rings is 1. The molecule has 4 rings (SSSR count). The summed E-state index contributed by atoms with van der Waals surface area (Å²) >= 11 is 1.32. The van der Waals surface area contributed by atoms with Crippen molar-refractivity contribution in [2.75, 3.05) is 31.5 Å². The fraction of sp³-hybridized carbons (Fsp3) is 0.333. The van der Waals surface area contributed by atoms with E-state index >= 15 is 0 Å². The van der Waals surface area contributed by atoms with Crippen LogP contribution < -0.4 is 5.32 Å². The minimum absolute atomic E-state index is 0.0400. The van der Waals surface area contributed by atoms with E-state index in [1.54, 1.807) is 12.1 Å². The predicted molar refractivity (Wildman–Crippen MR) is 123 cm³/mol. The largest absolute Gasteiger partial charge is 0.459 e. The van der Waals surface area contributed by atoms with Gasteiger partial charge >= 0.3 is 0 Å². The van der Waals surface area contributed by atoms with Crippen LogP contribution in [0.25, 0.3) is 0 Å². The minimum Gasteiger partial charge on any atom is -0.459 e. The lowest BCUT2D eigenvalue weighted by atomic mass is 10.1. The van der Waals surface area contributed by atoms with Gasteiger partial charge < -0.3 is 14.6 Å². The Morgan fingerprint density at radius 3 is 2.61 bits per heavy atom. The molecule has 0 radical (unpaired) electrons. The molecule has 0 atom stereocenters. The van der Waals surface area contributed by atoms with Crippen LogP contribution in [0.4, 0.5) is 5.00 Å². The molecule has 0 unspecified atom stereocenters. The third kappa shape index (κ3) is 5.24. The SMILES string of the molecule is Cc1ccc(CN2CCCN(C(=O)c3sc(NC(=O)c4ccco4)cc3C)CC2)cc1. The predicted octanol–water partition coefficient (Wildman–Crippen LogP) is 4.56. The van der Waals surface area contributed by atoms with Crippen molar-refractivity contribution in [3.05, 3.63) is 76.1 Å². The smallest absolute Gasteiger partial charge is 0.291 e. The average molecular weight is 438 g/mol. The number of hydrogen-bond acceptors (Lipinski definition) is 5. The Hall–Kier alpha value is -2.90. The number of aryl methyl sites for hydroxylation is 2. The molecule has 6 nitrogen and oxygen atoms in total. The Kier molecular flexibility index (Phi) is 6.53. The van der Waals surface area contributed by atoms with Crippen molar-refractivity contribution in [3.8, 4) is 0 Å². The molecule has 0 aliphatic carbocycles. The van der Waals surface area contributed by atoms with E-state index in [-0.39, 0.29) is 17.6 Å². The summed E-state index contributed by atoms with van der Waals surface area (Å²) in [5.74, 6) is -0.0231. The number of furan rings is 1. The van der Waals surface area contributed by atoms with Crippen molar-refractivity contribution in [3.63, 3.8) is 0 Å². The maximum Gasteiger partial charge on any atom is 0.291 e. The zero-order valence-corrected chi connectivity index (χ0v) is 18.7. The normalized spacial score (nSPS) is 15.0. The molecule has 1 aliphatic heterocycles. The number of amides is 2. The van der Waals surface area contributed by atoms with Crippen LogP contribution in [-0.4, -0.2) is 47.8 Å². The van der Waals surface area contributed by atoms with E-state index in [9.17, 15) is 9.59 Å². The number of carbonyl (C=O) groups excluding carboxylic acids is 2. The number of nitrogens with one attached hydrogen (secondary N) is 1. The second-order valence-corrected chi connectivity index (χ2v) is 9.01. The maximum atomic E-state index is 13.2. The first kappa shape index (κ1) is 21.3. The van der Waals surface area contributed by atoms with Crippen LogP contribution in [0.3, 0.4) is 0 Å². The minimum atomic E-state index is -0.313. The molecule has 1 aromatic carbocycles. The first-order valence-corrected chi connectivity index (χ1v) is 11.3. The van der Waals surface area contributed by atoms with Gasteiger partial charge in [-0.05, 0) is 49.6 Å². The number of carbonyl (C=O) groups is 2. The lowest BCUT2D eigenvalue weighted by Gasteiger charge is -2.22. The summed E-state index contributed by atoms with van der Waals surface area (Å²) in [5, 5.41) is 3.47. The van der Waals surface area contributed by atoms with Crippen molar-refractivity contribution in [1.82, 2.24) is 9.80 Å². The molecule has 0 bridgehead atoms. The molecule has 162 valence electrons. The fourth-order valence-electron chi connectivity index (χ4n) is 3.76. The molecular weight excluding hydrogens is 410 g/mol. The standard InChI is InChI=1S/C24H27N3O3S/c1-17-6-8-19(9-7-17)16-26-10-4-11-27(13-12-26)24(29)22-18(2)15-21(31-22)25-23(28)20-5-3-14-30-20/h3,5-9,14-15H,4,10-13,16H2,1-2H3,(H,25,28). The molecule has 3 aromatic rings. The maximum absolute atomic E-state index is 13.2. The van der Waals surface area contributed by atoms with Gasteiger partial charge in [0.1, 0.15) is 0 Å². The van der Waals surface area contributed by atoms with Gasteiger partial charge in [-0.1, -0.05) is 29.8 Å². The number of rotatable bonds is 5. The molecular formula is C24H27N3O3S. The number of benzene rings is 1. The molecule has 1 N–H and O–H groups in total. The lowest BCUT2D eigenvalue weighted by molar-refractivity contribution is 0.0765. The van der Waals surface area contributed by atoms with E-state index in [0.717, 1.165) is 38.2 Å². The van der Waals surface area contributed by atoms with E-state index in [1.807, 2.05) is 17.9 Å². The summed E-state index contributed by atoms with van der Waals surface area (Å²) in [6.07, 6.45) is 2.41. The molecule has 0 spiro atoms. The average Bonchev–Trinajstić information content (AvgIpc) is 3.35. The van der Waals surface area contributed by atoms with Crippen molar-refractivity contribution in [2.45, 2.75) is 26.8 Å². The number of anilines is 1. The van der Waals surface area contributed by atoms with Crippen LogP contribution in [0.1, 0.15) is 43.3 Å². The van der Waals surface area contributed by atoms with Crippen molar-refractivity contribution < 1.29 is 14.0 Å². The zero-order chi connectivity index (χ0) is 21.8. The van der Waals surface area contributed by atoms with Gasteiger partial charge in [-0.25, -0.2) is 0 Å². The summed E-state index contributed by atoms with van der Waals surface area (Å²) in [7, 11) is 0. The highest BCUT2D eigenvalue weighted by molar-refractivity contribution is 7.18. The Morgan fingerprint density at radius 1 is 1.06 bits per heavy atom. The topological polar surface area (TPSA) is 65.8 Å². The van der Waals surface area contributed by atoms with Gasteiger partial charge in [-0.15, -0.1) is 11.3 Å². The Bertz CT molecular complexity index is 1040. The first-order chi connectivity index (χ1) is 15.0. The van der Waals surface area contributed by atoms with E-state index in [4.69, 9.17) is 4.42 Å². The molecule has 7 heteroatoms. The summed E-state index contributed by atoms with van der Waals surface area (Å²) in [4.78, 5) is 30.4. The van der Waals surface area contributed by atoms with E-state index in [2.05, 4.69) is 41.4 Å². The third-order valence-corrected chi connectivity index (χ3v) is 6.64. The Labute approximate surface area is 186 Å². The molecule has 2 aromatic heterocycles. The van der Waals surface area contributed by atoms with Crippen LogP contribution in [0, 0.1) is 13.8 Å². The van der Waals surface area contributed by atoms with E-state index in [1.165, 1.54) is 28.7 Å². The lowest BCUT2D eigenvalue weighted by Crippen LogP contribution is -2.35. The second kappa shape index (κ2) is 9.49. The van der Waals surface area contributed by atoms with Crippen molar-refractivity contribution in [2.24, 2.45) is 0 Å². The van der Waals surface area contributed by atoms with Crippen LogP contribution in [0.2, 0.25) is 0 Å². The van der Waals surface area contributed by atoms with E-state index < -0.39 is 0 Å². The second-order valence-electron chi connectivity index (χ2n) is 7.96. The summed E-state index contributed by atoms with van der Waals surface area (Å²) < 4.78 is 5.13. The highest BCUT2D eigenvalue weighted by atomic mass is 32.1. The molecule has 2 amide bonds.